The molecule has 0 aliphatic carbocycles. The summed E-state index contributed by atoms with van der Waals surface area (Å²) in [7, 11) is 1.75. The molecule has 1 aliphatic heterocycles. The lowest BCUT2D eigenvalue weighted by atomic mass is 9.76. The second kappa shape index (κ2) is 16.6. The number of carbonyl (C=O) groups excluding carboxylic acids is 4. The number of aromatic nitrogens is 1. The number of nitrogens with one attached hydrogen (secondary N) is 1. The molecule has 1 aromatic heterocycles. The van der Waals surface area contributed by atoms with Gasteiger partial charge in [0.2, 0.25) is 11.9 Å². The monoisotopic (exact) mass is 789 g/mol. The van der Waals surface area contributed by atoms with Gasteiger partial charge in [-0.2, -0.15) is 0 Å². The van der Waals surface area contributed by atoms with E-state index < -0.39 is 30.0 Å². The highest BCUT2D eigenvalue weighted by atomic mass is 35.5. The molecule has 1 N–H and O–H groups in total. The number of hydrogen-bond acceptors (Lipinski definition) is 6. The molecule has 57 heavy (non-hydrogen) atoms. The first-order valence-corrected chi connectivity index (χ1v) is 20.1. The van der Waals surface area contributed by atoms with Crippen molar-refractivity contribution in [3.8, 4) is 16.9 Å². The molecule has 9 nitrogen and oxygen atoms in total. The number of imide groups is 1. The number of para-hydroxylation sites is 1. The fourth-order valence-corrected chi connectivity index (χ4v) is 7.45. The molecule has 6 rings (SSSR count). The number of ether oxygens (including phenoxy) is 2. The number of cyclic esters (lactones) is 1. The molecule has 0 saturated carbocycles. The Morgan fingerprint density at radius 1 is 0.877 bits per heavy atom. The second-order valence-electron chi connectivity index (χ2n) is 16.1. The zero-order valence-electron chi connectivity index (χ0n) is 34.1. The van der Waals surface area contributed by atoms with Gasteiger partial charge in [0.1, 0.15) is 5.75 Å². The van der Waals surface area contributed by atoms with Crippen LogP contribution in [0, 0.1) is 0 Å². The van der Waals surface area contributed by atoms with E-state index in [4.69, 9.17) is 21.1 Å². The second-order valence-corrected chi connectivity index (χ2v) is 16.5. The molecule has 298 valence electrons. The molecule has 0 spiro atoms. The Morgan fingerprint density at radius 2 is 1.56 bits per heavy atom. The van der Waals surface area contributed by atoms with Crippen LogP contribution in [0.1, 0.15) is 102 Å². The van der Waals surface area contributed by atoms with Gasteiger partial charge in [-0.15, -0.1) is 0 Å². The lowest BCUT2D eigenvalue weighted by Crippen LogP contribution is -2.36. The van der Waals surface area contributed by atoms with Crippen molar-refractivity contribution >= 4 is 57.6 Å². The molecule has 2 heterocycles. The van der Waals surface area contributed by atoms with Crippen LogP contribution in [0.3, 0.4) is 0 Å². The van der Waals surface area contributed by atoms with E-state index in [2.05, 4.69) is 65.9 Å². The minimum atomic E-state index is -1.75. The third-order valence-electron chi connectivity index (χ3n) is 11.6. The van der Waals surface area contributed by atoms with Crippen LogP contribution in [0.25, 0.3) is 22.0 Å². The number of unbranched alkanes of at least 4 members (excludes halogenated alkanes) is 1. The smallest absolute Gasteiger partial charge is 0.422 e. The van der Waals surface area contributed by atoms with Gasteiger partial charge in [-0.3, -0.25) is 14.4 Å². The highest BCUT2D eigenvalue weighted by Gasteiger charge is 2.48. The number of nitrogens with zero attached hydrogens (tertiary/aromatic N) is 2. The quantitative estimate of drug-likeness (QED) is 0.0836. The molecule has 2 unspecified atom stereocenters. The summed E-state index contributed by atoms with van der Waals surface area (Å²) >= 11 is 6.61. The van der Waals surface area contributed by atoms with E-state index in [0.717, 1.165) is 52.6 Å². The number of carbonyl (C=O) groups is 4. The lowest BCUT2D eigenvalue weighted by Gasteiger charge is -2.31. The zero-order chi connectivity index (χ0) is 41.2. The number of ketones is 1. The first kappa shape index (κ1) is 41.2. The van der Waals surface area contributed by atoms with Gasteiger partial charge in [0.25, 0.3) is 11.8 Å². The van der Waals surface area contributed by atoms with Crippen molar-refractivity contribution in [2.24, 2.45) is 7.05 Å². The molecule has 1 fully saturated rings. The third kappa shape index (κ3) is 8.08. The van der Waals surface area contributed by atoms with Gasteiger partial charge in [-0.05, 0) is 78.0 Å². The number of fused-ring (bicyclic) bond motifs is 1. The molecule has 3 amide bonds. The van der Waals surface area contributed by atoms with E-state index in [-0.39, 0.29) is 38.8 Å². The number of anilines is 2. The van der Waals surface area contributed by atoms with Crippen LogP contribution < -0.4 is 15.0 Å². The Kier molecular flexibility index (Phi) is 12.0. The minimum Gasteiger partial charge on any atom is -0.480 e. The molecular formula is C47H52ClN3O6. The Labute approximate surface area is 340 Å². The van der Waals surface area contributed by atoms with E-state index in [0.29, 0.717) is 17.7 Å². The highest BCUT2D eigenvalue weighted by molar-refractivity contribution is 6.37. The summed E-state index contributed by atoms with van der Waals surface area (Å²) in [6, 6.07) is 27.7. The standard InChI is InChI=1S/C47H52ClN3O6/c1-9-12-22-38(56-37-26-23-30(46(4,5)10-2)27-33(37)47(6,7)11-3)43(53)49-31-24-25-34(48)36(28-31)51-44(54)42(57-45(51)55)41(52)40-39(29-18-14-13-15-19-29)32-20-16-17-21-35(32)50(40)8/h13-21,23-28,38,42H,9-12,22H2,1-8H3,(H,49,53). The van der Waals surface area contributed by atoms with Crippen molar-refractivity contribution < 1.29 is 28.7 Å². The first-order chi connectivity index (χ1) is 27.1. The van der Waals surface area contributed by atoms with Crippen molar-refractivity contribution in [1.29, 1.82) is 0 Å². The topological polar surface area (TPSA) is 107 Å². The Morgan fingerprint density at radius 3 is 2.25 bits per heavy atom. The third-order valence-corrected chi connectivity index (χ3v) is 11.9. The summed E-state index contributed by atoms with van der Waals surface area (Å²) in [4.78, 5) is 56.6. The summed E-state index contributed by atoms with van der Waals surface area (Å²) < 4.78 is 13.8. The van der Waals surface area contributed by atoms with Gasteiger partial charge in [0.05, 0.1) is 16.4 Å². The molecule has 2 atom stereocenters. The SMILES string of the molecule is CCCCC(Oc1ccc(C(C)(C)CC)cc1C(C)(C)CC)C(=O)Nc1ccc(Cl)c(N2C(=O)OC(C(=O)c3c(-c4ccccc4)c4ccccc4n3C)C2=O)c1. The molecule has 5 aromatic rings. The van der Waals surface area contributed by atoms with Gasteiger partial charge >= 0.3 is 6.09 Å². The fourth-order valence-electron chi connectivity index (χ4n) is 7.24. The maximum atomic E-state index is 14.3. The minimum absolute atomic E-state index is 0.0211. The average Bonchev–Trinajstić information content (AvgIpc) is 3.68. The van der Waals surface area contributed by atoms with Gasteiger partial charge in [0.15, 0.2) is 6.10 Å². The summed E-state index contributed by atoms with van der Waals surface area (Å²) in [6.07, 6.45) is 0.300. The normalized spacial score (nSPS) is 15.2. The van der Waals surface area contributed by atoms with Gasteiger partial charge in [0, 0.05) is 34.8 Å². The number of Topliss-reactive ketones (excluding diaryl/α,β-unsaturated/α-hetero) is 1. The van der Waals surface area contributed by atoms with Crippen molar-refractivity contribution in [3.63, 3.8) is 0 Å². The average molecular weight is 790 g/mol. The van der Waals surface area contributed by atoms with Crippen LogP contribution in [-0.2, 0) is 32.2 Å². The van der Waals surface area contributed by atoms with Crippen molar-refractivity contribution in [2.45, 2.75) is 104 Å². The molecule has 1 aliphatic rings. The number of aryl methyl sites for hydroxylation is 1. The summed E-state index contributed by atoms with van der Waals surface area (Å²) in [5.41, 5.74) is 4.71. The number of amides is 3. The lowest BCUT2D eigenvalue weighted by molar-refractivity contribution is -0.123. The molecular weight excluding hydrogens is 738 g/mol. The van der Waals surface area contributed by atoms with Gasteiger partial charge < -0.3 is 19.4 Å². The highest BCUT2D eigenvalue weighted by Crippen LogP contribution is 2.41. The molecule has 0 bridgehead atoms. The van der Waals surface area contributed by atoms with E-state index in [1.54, 1.807) is 17.7 Å². The van der Waals surface area contributed by atoms with E-state index in [1.807, 2.05) is 60.7 Å². The summed E-state index contributed by atoms with van der Waals surface area (Å²) in [6.45, 7) is 15.2. The van der Waals surface area contributed by atoms with Crippen LogP contribution in [0.5, 0.6) is 5.75 Å². The molecule has 0 radical (unpaired) electrons. The van der Waals surface area contributed by atoms with Crippen molar-refractivity contribution in [3.05, 3.63) is 113 Å². The van der Waals surface area contributed by atoms with Crippen LogP contribution in [0.4, 0.5) is 16.2 Å². The number of benzene rings is 4. The molecule has 1 saturated heterocycles. The summed E-state index contributed by atoms with van der Waals surface area (Å²) in [5, 5.41) is 3.81. The van der Waals surface area contributed by atoms with Crippen LogP contribution >= 0.6 is 11.6 Å². The predicted octanol–water partition coefficient (Wildman–Crippen LogP) is 11.2. The van der Waals surface area contributed by atoms with Crippen LogP contribution in [-0.4, -0.2) is 40.5 Å². The number of halogens is 1. The van der Waals surface area contributed by atoms with Crippen LogP contribution in [0.2, 0.25) is 5.02 Å². The first-order valence-electron chi connectivity index (χ1n) is 19.8. The largest absolute Gasteiger partial charge is 0.480 e. The summed E-state index contributed by atoms with van der Waals surface area (Å²) in [5.74, 6) is -1.28. The van der Waals surface area contributed by atoms with E-state index in [9.17, 15) is 19.2 Å². The van der Waals surface area contributed by atoms with Crippen LogP contribution in [0.15, 0.2) is 91.0 Å². The fraction of sp³-hybridized carbons (Fsp3) is 0.362. The van der Waals surface area contributed by atoms with Crippen molar-refractivity contribution in [1.82, 2.24) is 4.57 Å². The maximum absolute atomic E-state index is 14.3. The Bertz CT molecular complexity index is 2330. The van der Waals surface area contributed by atoms with E-state index >= 15 is 0 Å². The van der Waals surface area contributed by atoms with Crippen molar-refractivity contribution in [2.75, 3.05) is 10.2 Å². The van der Waals surface area contributed by atoms with Gasteiger partial charge in [-0.1, -0.05) is 127 Å². The van der Waals surface area contributed by atoms with E-state index in [1.165, 1.54) is 17.7 Å². The van der Waals surface area contributed by atoms with Gasteiger partial charge in [-0.25, -0.2) is 9.69 Å². The molecule has 10 heteroatoms. The number of hydrogen-bond donors (Lipinski definition) is 1. The molecule has 4 aromatic carbocycles. The predicted molar refractivity (Wildman–Crippen MR) is 228 cm³/mol. The zero-order valence-corrected chi connectivity index (χ0v) is 34.8. The number of rotatable bonds is 15. The Balaban J connectivity index is 1.28. The Hall–Kier alpha value is -5.41. The maximum Gasteiger partial charge on any atom is 0.422 e.